The predicted octanol–water partition coefficient (Wildman–Crippen LogP) is 3.65. The lowest BCUT2D eigenvalue weighted by Gasteiger charge is -2.10. The van der Waals surface area contributed by atoms with E-state index in [-0.39, 0.29) is 11.1 Å². The van der Waals surface area contributed by atoms with Crippen LogP contribution in [-0.2, 0) is 0 Å². The number of allylic oxidation sites excluding steroid dienone is 1. The van der Waals surface area contributed by atoms with E-state index >= 15 is 0 Å². The van der Waals surface area contributed by atoms with Crippen molar-refractivity contribution in [1.29, 1.82) is 0 Å². The molecule has 0 fully saturated rings. The second kappa shape index (κ2) is 4.26. The molecule has 0 radical (unpaired) electrons. The van der Waals surface area contributed by atoms with Crippen molar-refractivity contribution in [2.75, 3.05) is 0 Å². The third-order valence-corrected chi connectivity index (χ3v) is 1.88. The molecule has 0 amide bonds. The molecule has 80 valence electrons. The van der Waals surface area contributed by atoms with Crippen LogP contribution in [0.15, 0.2) is 30.3 Å². The number of nitrogens with zero attached hydrogens (tertiary/aromatic N) is 1. The van der Waals surface area contributed by atoms with Gasteiger partial charge in [0, 0.05) is 12.1 Å². The van der Waals surface area contributed by atoms with E-state index in [1.54, 1.807) is 12.1 Å². The molecule has 0 aliphatic heterocycles. The van der Waals surface area contributed by atoms with Gasteiger partial charge in [0.05, 0.1) is 4.92 Å². The molecule has 15 heavy (non-hydrogen) atoms. The van der Waals surface area contributed by atoms with E-state index in [1.807, 2.05) is 6.08 Å². The van der Waals surface area contributed by atoms with E-state index < -0.39 is 4.92 Å². The Bertz CT molecular complexity index is 372. The number of nitro benzene ring substituents is 1. The molecule has 0 atom stereocenters. The SMILES string of the molecule is CC(C)(C)C=Cc1ccc([N+](=O)[O-])cc1. The van der Waals surface area contributed by atoms with Crippen molar-refractivity contribution in [2.45, 2.75) is 20.8 Å². The molecule has 3 heteroatoms. The van der Waals surface area contributed by atoms with Crippen molar-refractivity contribution in [3.63, 3.8) is 0 Å². The van der Waals surface area contributed by atoms with E-state index in [1.165, 1.54) is 12.1 Å². The Hall–Kier alpha value is -1.64. The summed E-state index contributed by atoms with van der Waals surface area (Å²) >= 11 is 0. The van der Waals surface area contributed by atoms with E-state index in [4.69, 9.17) is 0 Å². The molecule has 3 nitrogen and oxygen atoms in total. The van der Waals surface area contributed by atoms with Crippen molar-refractivity contribution < 1.29 is 4.92 Å². The second-order valence-electron chi connectivity index (χ2n) is 4.55. The fraction of sp³-hybridized carbons (Fsp3) is 0.333. The zero-order valence-corrected chi connectivity index (χ0v) is 9.23. The smallest absolute Gasteiger partial charge is 0.258 e. The summed E-state index contributed by atoms with van der Waals surface area (Å²) in [5.74, 6) is 0. The van der Waals surface area contributed by atoms with Crippen molar-refractivity contribution >= 4 is 11.8 Å². The zero-order chi connectivity index (χ0) is 11.5. The molecule has 0 heterocycles. The van der Waals surface area contributed by atoms with Crippen molar-refractivity contribution in [3.05, 3.63) is 46.0 Å². The average Bonchev–Trinajstić information content (AvgIpc) is 2.14. The second-order valence-corrected chi connectivity index (χ2v) is 4.55. The van der Waals surface area contributed by atoms with Gasteiger partial charge >= 0.3 is 0 Å². The van der Waals surface area contributed by atoms with Gasteiger partial charge in [0.25, 0.3) is 5.69 Å². The molecular formula is C12H15NO2. The number of rotatable bonds is 2. The quantitative estimate of drug-likeness (QED) is 0.546. The Morgan fingerprint density at radius 3 is 2.13 bits per heavy atom. The maximum atomic E-state index is 10.4. The van der Waals surface area contributed by atoms with E-state index in [0.29, 0.717) is 0 Å². The number of nitro groups is 1. The minimum atomic E-state index is -0.392. The van der Waals surface area contributed by atoms with Gasteiger partial charge in [-0.05, 0) is 23.1 Å². The summed E-state index contributed by atoms with van der Waals surface area (Å²) < 4.78 is 0. The van der Waals surface area contributed by atoms with Crippen LogP contribution < -0.4 is 0 Å². The van der Waals surface area contributed by atoms with Crippen LogP contribution in [0.25, 0.3) is 6.08 Å². The molecule has 0 unspecified atom stereocenters. The highest BCUT2D eigenvalue weighted by atomic mass is 16.6. The molecule has 1 aromatic carbocycles. The van der Waals surface area contributed by atoms with Crippen molar-refractivity contribution in [1.82, 2.24) is 0 Å². The Morgan fingerprint density at radius 2 is 1.73 bits per heavy atom. The van der Waals surface area contributed by atoms with Crippen molar-refractivity contribution in [2.24, 2.45) is 5.41 Å². The molecule has 0 spiro atoms. The van der Waals surface area contributed by atoms with E-state index in [2.05, 4.69) is 26.8 Å². The molecule has 0 aliphatic carbocycles. The Labute approximate surface area is 89.6 Å². The number of hydrogen-bond acceptors (Lipinski definition) is 2. The largest absolute Gasteiger partial charge is 0.269 e. The van der Waals surface area contributed by atoms with Gasteiger partial charge in [-0.25, -0.2) is 0 Å². The van der Waals surface area contributed by atoms with Crippen LogP contribution in [0.4, 0.5) is 5.69 Å². The van der Waals surface area contributed by atoms with Crippen LogP contribution >= 0.6 is 0 Å². The zero-order valence-electron chi connectivity index (χ0n) is 9.23. The summed E-state index contributed by atoms with van der Waals surface area (Å²) in [6.45, 7) is 6.32. The van der Waals surface area contributed by atoms with Crippen LogP contribution in [0, 0.1) is 15.5 Å². The summed E-state index contributed by atoms with van der Waals surface area (Å²) in [5.41, 5.74) is 1.24. The van der Waals surface area contributed by atoms with Crippen LogP contribution in [0.3, 0.4) is 0 Å². The van der Waals surface area contributed by atoms with Crippen LogP contribution in [-0.4, -0.2) is 4.92 Å². The molecular weight excluding hydrogens is 190 g/mol. The number of benzene rings is 1. The van der Waals surface area contributed by atoms with Gasteiger partial charge < -0.3 is 0 Å². The third-order valence-electron chi connectivity index (χ3n) is 1.88. The summed E-state index contributed by atoms with van der Waals surface area (Å²) in [7, 11) is 0. The van der Waals surface area contributed by atoms with Crippen LogP contribution in [0.1, 0.15) is 26.3 Å². The molecule has 0 aliphatic rings. The number of non-ortho nitro benzene ring substituents is 1. The Balaban J connectivity index is 2.82. The third kappa shape index (κ3) is 3.94. The first-order valence-corrected chi connectivity index (χ1v) is 4.82. The van der Waals surface area contributed by atoms with E-state index in [9.17, 15) is 10.1 Å². The lowest BCUT2D eigenvalue weighted by Crippen LogP contribution is -1.97. The summed E-state index contributed by atoms with van der Waals surface area (Å²) in [6, 6.07) is 6.53. The summed E-state index contributed by atoms with van der Waals surface area (Å²) in [6.07, 6.45) is 4.05. The molecule has 0 N–H and O–H groups in total. The first-order valence-electron chi connectivity index (χ1n) is 4.82. The van der Waals surface area contributed by atoms with Gasteiger partial charge in [-0.3, -0.25) is 10.1 Å². The fourth-order valence-electron chi connectivity index (χ4n) is 1.05. The molecule has 0 saturated heterocycles. The molecule has 0 bridgehead atoms. The minimum absolute atomic E-state index is 0.127. The monoisotopic (exact) mass is 205 g/mol. The fourth-order valence-corrected chi connectivity index (χ4v) is 1.05. The average molecular weight is 205 g/mol. The Kier molecular flexibility index (Phi) is 3.24. The van der Waals surface area contributed by atoms with Crippen molar-refractivity contribution in [3.8, 4) is 0 Å². The van der Waals surface area contributed by atoms with Gasteiger partial charge in [-0.1, -0.05) is 32.9 Å². The van der Waals surface area contributed by atoms with Gasteiger partial charge in [0.15, 0.2) is 0 Å². The molecule has 0 aromatic heterocycles. The highest BCUT2D eigenvalue weighted by molar-refractivity contribution is 5.52. The number of hydrogen-bond donors (Lipinski definition) is 0. The highest BCUT2D eigenvalue weighted by Crippen LogP contribution is 2.18. The standard InChI is InChI=1S/C12H15NO2/c1-12(2,3)9-8-10-4-6-11(7-5-10)13(14)15/h4-9H,1-3H3. The lowest BCUT2D eigenvalue weighted by molar-refractivity contribution is -0.384. The lowest BCUT2D eigenvalue weighted by atomic mass is 9.95. The summed E-state index contributed by atoms with van der Waals surface area (Å²) in [5, 5.41) is 10.4. The van der Waals surface area contributed by atoms with Gasteiger partial charge in [-0.2, -0.15) is 0 Å². The van der Waals surface area contributed by atoms with E-state index in [0.717, 1.165) is 5.56 Å². The first kappa shape index (κ1) is 11.4. The normalized spacial score (nSPS) is 11.9. The Morgan fingerprint density at radius 1 is 1.20 bits per heavy atom. The van der Waals surface area contributed by atoms with Gasteiger partial charge in [0.1, 0.15) is 0 Å². The highest BCUT2D eigenvalue weighted by Gasteiger charge is 2.05. The van der Waals surface area contributed by atoms with Crippen LogP contribution in [0.2, 0.25) is 0 Å². The maximum absolute atomic E-state index is 10.4. The van der Waals surface area contributed by atoms with Gasteiger partial charge in [0.2, 0.25) is 0 Å². The van der Waals surface area contributed by atoms with Crippen LogP contribution in [0.5, 0.6) is 0 Å². The molecule has 1 rings (SSSR count). The molecule has 0 saturated carbocycles. The first-order chi connectivity index (χ1) is 6.88. The van der Waals surface area contributed by atoms with Gasteiger partial charge in [-0.15, -0.1) is 0 Å². The predicted molar refractivity (Wildman–Crippen MR) is 61.6 cm³/mol. The minimum Gasteiger partial charge on any atom is -0.258 e. The maximum Gasteiger partial charge on any atom is 0.269 e. The molecule has 1 aromatic rings. The topological polar surface area (TPSA) is 43.1 Å². The summed E-state index contributed by atoms with van der Waals surface area (Å²) in [4.78, 5) is 10.0.